The van der Waals surface area contributed by atoms with Crippen molar-refractivity contribution in [2.45, 2.75) is 6.04 Å². The largest absolute Gasteiger partial charge is 0.394 e. The van der Waals surface area contributed by atoms with Crippen molar-refractivity contribution in [1.29, 1.82) is 0 Å². The van der Waals surface area contributed by atoms with Gasteiger partial charge in [-0.2, -0.15) is 0 Å². The lowest BCUT2D eigenvalue weighted by atomic mass is 10.1. The van der Waals surface area contributed by atoms with Crippen LogP contribution < -0.4 is 5.32 Å². The van der Waals surface area contributed by atoms with Crippen molar-refractivity contribution in [2.75, 3.05) is 6.61 Å². The van der Waals surface area contributed by atoms with Gasteiger partial charge in [0.15, 0.2) is 0 Å². The first-order chi connectivity index (χ1) is 9.60. The number of nitrogens with zero attached hydrogens (tertiary/aromatic N) is 1. The maximum absolute atomic E-state index is 12.1. The molecular weight excluding hydrogens is 299 g/mol. The number of aliphatic hydroxyl groups excluding tert-OH is 1. The van der Waals surface area contributed by atoms with Crippen LogP contribution in [0, 0.1) is 0 Å². The van der Waals surface area contributed by atoms with Gasteiger partial charge in [-0.15, -0.1) is 0 Å². The summed E-state index contributed by atoms with van der Waals surface area (Å²) < 4.78 is 0. The Bertz CT molecular complexity index is 585. The first-order valence-corrected chi connectivity index (χ1v) is 6.65. The molecule has 0 spiro atoms. The molecule has 1 unspecified atom stereocenters. The van der Waals surface area contributed by atoms with Gasteiger partial charge in [-0.3, -0.25) is 4.79 Å². The van der Waals surface area contributed by atoms with E-state index in [1.165, 1.54) is 12.1 Å². The van der Waals surface area contributed by atoms with Crippen molar-refractivity contribution in [2.24, 2.45) is 0 Å². The minimum Gasteiger partial charge on any atom is -0.394 e. The van der Waals surface area contributed by atoms with Gasteiger partial charge in [0.05, 0.1) is 12.6 Å². The van der Waals surface area contributed by atoms with E-state index in [9.17, 15) is 9.90 Å². The zero-order valence-corrected chi connectivity index (χ0v) is 11.9. The number of pyridine rings is 1. The number of amides is 1. The Balaban J connectivity index is 2.17. The molecule has 2 rings (SSSR count). The van der Waals surface area contributed by atoms with Crippen LogP contribution in [0.3, 0.4) is 0 Å². The lowest BCUT2D eigenvalue weighted by molar-refractivity contribution is 0.0916. The molecule has 0 radical (unpaired) electrons. The van der Waals surface area contributed by atoms with Gasteiger partial charge < -0.3 is 10.4 Å². The fourth-order valence-corrected chi connectivity index (χ4v) is 2.22. The van der Waals surface area contributed by atoms with Gasteiger partial charge in [-0.05, 0) is 17.7 Å². The zero-order valence-electron chi connectivity index (χ0n) is 10.4. The summed E-state index contributed by atoms with van der Waals surface area (Å²) in [7, 11) is 0. The molecule has 6 heteroatoms. The lowest BCUT2D eigenvalue weighted by Gasteiger charge is -2.16. The number of halogens is 2. The number of carbonyl (C=O) groups excluding carboxylic acids is 1. The van der Waals surface area contributed by atoms with Crippen molar-refractivity contribution in [3.63, 3.8) is 0 Å². The van der Waals surface area contributed by atoms with E-state index >= 15 is 0 Å². The predicted octanol–water partition coefficient (Wildman–Crippen LogP) is 2.85. The highest BCUT2D eigenvalue weighted by Gasteiger charge is 2.15. The molecule has 1 heterocycles. The minimum absolute atomic E-state index is 0.142. The Morgan fingerprint density at radius 3 is 2.35 bits per heavy atom. The fourth-order valence-electron chi connectivity index (χ4n) is 1.76. The molecule has 0 saturated carbocycles. The lowest BCUT2D eigenvalue weighted by Crippen LogP contribution is -2.30. The quantitative estimate of drug-likeness (QED) is 0.854. The van der Waals surface area contributed by atoms with E-state index < -0.39 is 6.04 Å². The van der Waals surface area contributed by atoms with Gasteiger partial charge >= 0.3 is 0 Å². The van der Waals surface area contributed by atoms with E-state index in [-0.39, 0.29) is 22.8 Å². The van der Waals surface area contributed by atoms with Crippen LogP contribution in [-0.4, -0.2) is 22.6 Å². The summed E-state index contributed by atoms with van der Waals surface area (Å²) in [5.74, 6) is -0.376. The van der Waals surface area contributed by atoms with Gasteiger partial charge in [0.2, 0.25) is 0 Å². The average molecular weight is 311 g/mol. The standard InChI is InChI=1S/C14H12Cl2N2O2/c15-12-6-10(7-13(16)18-12)14(20)17-11(8-19)9-4-2-1-3-5-9/h1-7,11,19H,8H2,(H,17,20). The van der Waals surface area contributed by atoms with Crippen LogP contribution in [0.1, 0.15) is 22.0 Å². The molecule has 0 fully saturated rings. The highest BCUT2D eigenvalue weighted by Crippen LogP contribution is 2.17. The molecule has 1 aromatic heterocycles. The van der Waals surface area contributed by atoms with Gasteiger partial charge in [-0.1, -0.05) is 53.5 Å². The van der Waals surface area contributed by atoms with E-state index in [1.54, 1.807) is 0 Å². The highest BCUT2D eigenvalue weighted by molar-refractivity contribution is 6.33. The molecular formula is C14H12Cl2N2O2. The van der Waals surface area contributed by atoms with E-state index in [1.807, 2.05) is 30.3 Å². The van der Waals surface area contributed by atoms with Crippen molar-refractivity contribution in [1.82, 2.24) is 10.3 Å². The molecule has 2 N–H and O–H groups in total. The number of benzene rings is 1. The maximum Gasteiger partial charge on any atom is 0.252 e. The Morgan fingerprint density at radius 2 is 1.80 bits per heavy atom. The SMILES string of the molecule is O=C(NC(CO)c1ccccc1)c1cc(Cl)nc(Cl)c1. The second kappa shape index (κ2) is 6.70. The van der Waals surface area contributed by atoms with Crippen LogP contribution in [0.2, 0.25) is 10.3 Å². The highest BCUT2D eigenvalue weighted by atomic mass is 35.5. The van der Waals surface area contributed by atoms with E-state index in [4.69, 9.17) is 23.2 Å². The number of hydrogen-bond donors (Lipinski definition) is 2. The molecule has 1 aromatic carbocycles. The van der Waals surface area contributed by atoms with Crippen LogP contribution in [0.15, 0.2) is 42.5 Å². The third-order valence-electron chi connectivity index (χ3n) is 2.71. The topological polar surface area (TPSA) is 62.2 Å². The van der Waals surface area contributed by atoms with Crippen LogP contribution in [0.4, 0.5) is 0 Å². The molecule has 0 aliphatic carbocycles. The van der Waals surface area contributed by atoms with Crippen LogP contribution in [0.5, 0.6) is 0 Å². The smallest absolute Gasteiger partial charge is 0.252 e. The number of aromatic nitrogens is 1. The zero-order chi connectivity index (χ0) is 14.5. The maximum atomic E-state index is 12.1. The molecule has 0 saturated heterocycles. The van der Waals surface area contributed by atoms with Crippen LogP contribution in [0.25, 0.3) is 0 Å². The normalized spacial score (nSPS) is 11.9. The second-order valence-electron chi connectivity index (χ2n) is 4.12. The monoisotopic (exact) mass is 310 g/mol. The summed E-state index contributed by atoms with van der Waals surface area (Å²) >= 11 is 11.5. The summed E-state index contributed by atoms with van der Waals surface area (Å²) in [6.45, 7) is -0.206. The number of nitrogens with one attached hydrogen (secondary N) is 1. The summed E-state index contributed by atoms with van der Waals surface area (Å²) in [6.07, 6.45) is 0. The first-order valence-electron chi connectivity index (χ1n) is 5.90. The third kappa shape index (κ3) is 3.70. The van der Waals surface area contributed by atoms with Gasteiger partial charge in [-0.25, -0.2) is 4.98 Å². The molecule has 1 amide bonds. The number of carbonyl (C=O) groups is 1. The summed E-state index contributed by atoms with van der Waals surface area (Å²) in [4.78, 5) is 15.9. The third-order valence-corrected chi connectivity index (χ3v) is 3.10. The number of rotatable bonds is 4. The predicted molar refractivity (Wildman–Crippen MR) is 78.0 cm³/mol. The van der Waals surface area contributed by atoms with Gasteiger partial charge in [0.1, 0.15) is 10.3 Å². The van der Waals surface area contributed by atoms with E-state index in [0.29, 0.717) is 5.56 Å². The van der Waals surface area contributed by atoms with Gasteiger partial charge in [0, 0.05) is 5.56 Å². The number of aliphatic hydroxyl groups is 1. The molecule has 4 nitrogen and oxygen atoms in total. The van der Waals surface area contributed by atoms with Gasteiger partial charge in [0.25, 0.3) is 5.91 Å². The van der Waals surface area contributed by atoms with E-state index in [0.717, 1.165) is 5.56 Å². The Labute approximate surface area is 126 Å². The first kappa shape index (κ1) is 14.8. The summed E-state index contributed by atoms with van der Waals surface area (Å²) in [6, 6.07) is 11.5. The molecule has 1 atom stereocenters. The number of hydrogen-bond acceptors (Lipinski definition) is 3. The molecule has 0 bridgehead atoms. The second-order valence-corrected chi connectivity index (χ2v) is 4.90. The molecule has 2 aromatic rings. The van der Waals surface area contributed by atoms with Crippen molar-refractivity contribution in [3.8, 4) is 0 Å². The molecule has 20 heavy (non-hydrogen) atoms. The van der Waals surface area contributed by atoms with E-state index in [2.05, 4.69) is 10.3 Å². The molecule has 0 aliphatic heterocycles. The summed E-state index contributed by atoms with van der Waals surface area (Å²) in [5, 5.41) is 12.4. The van der Waals surface area contributed by atoms with Crippen LogP contribution >= 0.6 is 23.2 Å². The Morgan fingerprint density at radius 1 is 1.20 bits per heavy atom. The van der Waals surface area contributed by atoms with Crippen LogP contribution in [-0.2, 0) is 0 Å². The molecule has 104 valence electrons. The Hall–Kier alpha value is -1.62. The Kier molecular flexibility index (Phi) is 4.95. The fraction of sp³-hybridized carbons (Fsp3) is 0.143. The molecule has 0 aliphatic rings. The van der Waals surface area contributed by atoms with Crippen molar-refractivity contribution >= 4 is 29.1 Å². The van der Waals surface area contributed by atoms with Crippen molar-refractivity contribution in [3.05, 3.63) is 63.9 Å². The summed E-state index contributed by atoms with van der Waals surface area (Å²) in [5.41, 5.74) is 1.11. The average Bonchev–Trinajstić information content (AvgIpc) is 2.44. The minimum atomic E-state index is -0.491. The van der Waals surface area contributed by atoms with Crippen molar-refractivity contribution < 1.29 is 9.90 Å².